The van der Waals surface area contributed by atoms with Crippen LogP contribution >= 0.6 is 0 Å². The van der Waals surface area contributed by atoms with Crippen molar-refractivity contribution in [3.8, 4) is 0 Å². The molecule has 4 aromatic rings. The first-order chi connectivity index (χ1) is 15.7. The molecule has 0 aliphatic rings. The third-order valence-electron chi connectivity index (χ3n) is 5.74. The normalized spacial score (nSPS) is 12.6. The number of benzene rings is 3. The first-order valence-corrected chi connectivity index (χ1v) is 10.5. The number of nitrogens with zero attached hydrogens (tertiary/aromatic N) is 1. The standard InChI is InChI=1S/C26H22F4N2O/c1-32-16-22(20-7-3-5-9-24(20)32)21(19-6-2-4-8-23(19)26(28,29)30)14-25(33)31-15-17-10-12-18(27)13-11-17/h2-13,16,21H,14-15H2,1H3,(H,31,33). The van der Waals surface area contributed by atoms with E-state index in [1.54, 1.807) is 24.4 Å². The van der Waals surface area contributed by atoms with Gasteiger partial charge < -0.3 is 9.88 Å². The minimum absolute atomic E-state index is 0.0540. The number of alkyl halides is 3. The number of hydrogen-bond donors (Lipinski definition) is 1. The van der Waals surface area contributed by atoms with E-state index in [0.717, 1.165) is 17.0 Å². The maximum Gasteiger partial charge on any atom is 0.416 e. The van der Waals surface area contributed by atoms with Gasteiger partial charge in [-0.3, -0.25) is 4.79 Å². The van der Waals surface area contributed by atoms with Crippen molar-refractivity contribution in [1.82, 2.24) is 9.88 Å². The Labute approximate surface area is 188 Å². The Balaban J connectivity index is 1.71. The average molecular weight is 454 g/mol. The van der Waals surface area contributed by atoms with Gasteiger partial charge in [0, 0.05) is 43.0 Å². The molecule has 33 heavy (non-hydrogen) atoms. The maximum atomic E-state index is 13.8. The van der Waals surface area contributed by atoms with Gasteiger partial charge in [0.25, 0.3) is 0 Å². The van der Waals surface area contributed by atoms with Crippen LogP contribution in [0.25, 0.3) is 10.9 Å². The fourth-order valence-electron chi connectivity index (χ4n) is 4.16. The van der Waals surface area contributed by atoms with Crippen molar-refractivity contribution in [2.45, 2.75) is 25.1 Å². The summed E-state index contributed by atoms with van der Waals surface area (Å²) >= 11 is 0. The van der Waals surface area contributed by atoms with E-state index in [2.05, 4.69) is 5.32 Å². The van der Waals surface area contributed by atoms with Crippen molar-refractivity contribution >= 4 is 16.8 Å². The molecule has 0 spiro atoms. The van der Waals surface area contributed by atoms with Crippen LogP contribution in [0.2, 0.25) is 0 Å². The molecule has 0 aliphatic carbocycles. The summed E-state index contributed by atoms with van der Waals surface area (Å²) in [5, 5.41) is 3.55. The van der Waals surface area contributed by atoms with Gasteiger partial charge in [0.2, 0.25) is 5.91 Å². The summed E-state index contributed by atoms with van der Waals surface area (Å²) in [5.74, 6) is -1.58. The summed E-state index contributed by atoms with van der Waals surface area (Å²) in [5.41, 5.74) is 1.52. The molecule has 0 bridgehead atoms. The van der Waals surface area contributed by atoms with Crippen molar-refractivity contribution in [3.63, 3.8) is 0 Å². The fraction of sp³-hybridized carbons (Fsp3) is 0.192. The summed E-state index contributed by atoms with van der Waals surface area (Å²) in [7, 11) is 1.83. The van der Waals surface area contributed by atoms with Crippen molar-refractivity contribution in [3.05, 3.63) is 107 Å². The van der Waals surface area contributed by atoms with E-state index in [1.807, 2.05) is 35.9 Å². The maximum absolute atomic E-state index is 13.8. The molecule has 1 heterocycles. The summed E-state index contributed by atoms with van der Waals surface area (Å²) < 4.78 is 56.5. The number of rotatable bonds is 6. The van der Waals surface area contributed by atoms with Crippen molar-refractivity contribution < 1.29 is 22.4 Å². The Morgan fingerprint density at radius 2 is 1.61 bits per heavy atom. The summed E-state index contributed by atoms with van der Waals surface area (Å²) in [6.07, 6.45) is -2.93. The van der Waals surface area contributed by atoms with Gasteiger partial charge in [-0.15, -0.1) is 0 Å². The number of carbonyl (C=O) groups excluding carboxylic acids is 1. The minimum Gasteiger partial charge on any atom is -0.352 e. The molecule has 0 fully saturated rings. The van der Waals surface area contributed by atoms with Crippen LogP contribution in [-0.2, 0) is 24.6 Å². The highest BCUT2D eigenvalue weighted by molar-refractivity contribution is 5.86. The van der Waals surface area contributed by atoms with Gasteiger partial charge in [0.05, 0.1) is 5.56 Å². The highest BCUT2D eigenvalue weighted by Crippen LogP contribution is 2.41. The first-order valence-electron chi connectivity index (χ1n) is 10.5. The van der Waals surface area contributed by atoms with Crippen LogP contribution in [0.1, 0.15) is 34.6 Å². The smallest absolute Gasteiger partial charge is 0.352 e. The monoisotopic (exact) mass is 454 g/mol. The Bertz CT molecular complexity index is 1280. The van der Waals surface area contributed by atoms with Gasteiger partial charge in [0.15, 0.2) is 0 Å². The lowest BCUT2D eigenvalue weighted by Crippen LogP contribution is -2.25. The lowest BCUT2D eigenvalue weighted by Gasteiger charge is -2.21. The molecule has 0 aliphatic heterocycles. The Morgan fingerprint density at radius 1 is 0.939 bits per heavy atom. The molecule has 170 valence electrons. The highest BCUT2D eigenvalue weighted by Gasteiger charge is 2.36. The number of para-hydroxylation sites is 1. The number of aromatic nitrogens is 1. The molecule has 3 nitrogen and oxygen atoms in total. The van der Waals surface area contributed by atoms with Crippen LogP contribution in [0.15, 0.2) is 79.0 Å². The number of halogens is 4. The summed E-state index contributed by atoms with van der Waals surface area (Å²) in [6.45, 7) is 0.155. The third-order valence-corrected chi connectivity index (χ3v) is 5.74. The second-order valence-corrected chi connectivity index (χ2v) is 7.96. The Kier molecular flexibility index (Phi) is 6.22. The lowest BCUT2D eigenvalue weighted by molar-refractivity contribution is -0.138. The SMILES string of the molecule is Cn1cc(C(CC(=O)NCc2ccc(F)cc2)c2ccccc2C(F)(F)F)c2ccccc21. The van der Waals surface area contributed by atoms with Gasteiger partial charge in [-0.2, -0.15) is 13.2 Å². The number of nitrogens with one attached hydrogen (secondary N) is 1. The van der Waals surface area contributed by atoms with E-state index >= 15 is 0 Å². The second-order valence-electron chi connectivity index (χ2n) is 7.96. The number of amides is 1. The zero-order valence-corrected chi connectivity index (χ0v) is 17.9. The second kappa shape index (κ2) is 9.10. The Hall–Kier alpha value is -3.61. The molecular formula is C26H22F4N2O. The van der Waals surface area contributed by atoms with Gasteiger partial charge in [-0.05, 0) is 41.0 Å². The molecule has 3 aromatic carbocycles. The molecule has 1 N–H and O–H groups in total. The summed E-state index contributed by atoms with van der Waals surface area (Å²) in [6, 6.07) is 18.5. The Morgan fingerprint density at radius 3 is 2.33 bits per heavy atom. The van der Waals surface area contributed by atoms with Gasteiger partial charge in [-0.25, -0.2) is 4.39 Å². The first kappa shape index (κ1) is 22.6. The molecule has 1 atom stereocenters. The predicted octanol–water partition coefficient (Wildman–Crippen LogP) is 6.17. The van der Waals surface area contributed by atoms with Gasteiger partial charge in [0.1, 0.15) is 5.82 Å². The number of aryl methyl sites for hydroxylation is 1. The molecular weight excluding hydrogens is 432 g/mol. The van der Waals surface area contributed by atoms with Crippen molar-refractivity contribution in [2.75, 3.05) is 0 Å². The number of hydrogen-bond acceptors (Lipinski definition) is 1. The molecule has 1 unspecified atom stereocenters. The topological polar surface area (TPSA) is 34.0 Å². The molecule has 0 radical (unpaired) electrons. The quantitative estimate of drug-likeness (QED) is 0.347. The molecule has 0 saturated heterocycles. The van der Waals surface area contributed by atoms with Crippen molar-refractivity contribution in [1.29, 1.82) is 0 Å². The van der Waals surface area contributed by atoms with Crippen LogP contribution in [0, 0.1) is 5.82 Å². The highest BCUT2D eigenvalue weighted by atomic mass is 19.4. The fourth-order valence-corrected chi connectivity index (χ4v) is 4.16. The van der Waals surface area contributed by atoms with Crippen LogP contribution in [0.5, 0.6) is 0 Å². The molecule has 7 heteroatoms. The number of carbonyl (C=O) groups is 1. The zero-order valence-electron chi connectivity index (χ0n) is 17.9. The van der Waals surface area contributed by atoms with E-state index in [-0.39, 0.29) is 24.3 Å². The van der Waals surface area contributed by atoms with Crippen LogP contribution in [0.3, 0.4) is 0 Å². The van der Waals surface area contributed by atoms with Crippen LogP contribution < -0.4 is 5.32 Å². The van der Waals surface area contributed by atoms with E-state index in [9.17, 15) is 22.4 Å². The number of fused-ring (bicyclic) bond motifs is 1. The predicted molar refractivity (Wildman–Crippen MR) is 119 cm³/mol. The summed E-state index contributed by atoms with van der Waals surface area (Å²) in [4.78, 5) is 12.9. The van der Waals surface area contributed by atoms with Crippen LogP contribution in [0.4, 0.5) is 17.6 Å². The minimum atomic E-state index is -4.55. The third kappa shape index (κ3) is 4.92. The van der Waals surface area contributed by atoms with Crippen molar-refractivity contribution in [2.24, 2.45) is 7.05 Å². The lowest BCUT2D eigenvalue weighted by atomic mass is 9.85. The van der Waals surface area contributed by atoms with Crippen LogP contribution in [-0.4, -0.2) is 10.5 Å². The van der Waals surface area contributed by atoms with E-state index in [0.29, 0.717) is 11.1 Å². The van der Waals surface area contributed by atoms with E-state index in [1.165, 1.54) is 24.3 Å². The van der Waals surface area contributed by atoms with Gasteiger partial charge >= 0.3 is 6.18 Å². The van der Waals surface area contributed by atoms with E-state index < -0.39 is 23.6 Å². The average Bonchev–Trinajstić information content (AvgIpc) is 3.13. The molecule has 0 saturated carbocycles. The largest absolute Gasteiger partial charge is 0.416 e. The van der Waals surface area contributed by atoms with E-state index in [4.69, 9.17) is 0 Å². The van der Waals surface area contributed by atoms with Gasteiger partial charge in [-0.1, -0.05) is 48.5 Å². The molecule has 1 amide bonds. The molecule has 4 rings (SSSR count). The molecule has 1 aromatic heterocycles. The zero-order chi connectivity index (χ0) is 23.6.